The van der Waals surface area contributed by atoms with Crippen molar-refractivity contribution >= 4 is 57.8 Å². The number of fused-ring (bicyclic) bond motifs is 1. The summed E-state index contributed by atoms with van der Waals surface area (Å²) in [6.07, 6.45) is 4.09. The molecule has 3 amide bonds. The fourth-order valence-corrected chi connectivity index (χ4v) is 5.82. The van der Waals surface area contributed by atoms with Crippen molar-refractivity contribution in [2.75, 3.05) is 10.6 Å². The van der Waals surface area contributed by atoms with Gasteiger partial charge in [-0.1, -0.05) is 67.1 Å². The van der Waals surface area contributed by atoms with Gasteiger partial charge < -0.3 is 20.9 Å². The summed E-state index contributed by atoms with van der Waals surface area (Å²) in [7, 11) is 0. The Hall–Kier alpha value is -5.08. The first-order chi connectivity index (χ1) is 21.3. The van der Waals surface area contributed by atoms with Gasteiger partial charge in [0.1, 0.15) is 5.70 Å². The van der Waals surface area contributed by atoms with Gasteiger partial charge in [-0.15, -0.1) is 11.8 Å². The lowest BCUT2D eigenvalue weighted by atomic mass is 10.1. The molecule has 0 aliphatic carbocycles. The van der Waals surface area contributed by atoms with E-state index in [-0.39, 0.29) is 16.9 Å². The predicted octanol–water partition coefficient (Wildman–Crippen LogP) is 7.70. The Morgan fingerprint density at radius 1 is 0.864 bits per heavy atom. The minimum atomic E-state index is -0.471. The maximum atomic E-state index is 13.6. The third-order valence-corrected chi connectivity index (χ3v) is 8.48. The van der Waals surface area contributed by atoms with Gasteiger partial charge in [0.25, 0.3) is 11.8 Å². The number of aryl methyl sites for hydroxylation is 2. The first kappa shape index (κ1) is 30.4. The maximum absolute atomic E-state index is 13.6. The second-order valence-corrected chi connectivity index (χ2v) is 11.7. The molecule has 222 valence electrons. The Kier molecular flexibility index (Phi) is 9.62. The molecule has 8 heteroatoms. The molecule has 1 atom stereocenters. The second-order valence-electron chi connectivity index (χ2n) is 10.5. The predicted molar refractivity (Wildman–Crippen MR) is 180 cm³/mol. The molecule has 5 aromatic rings. The van der Waals surface area contributed by atoms with Crippen LogP contribution in [0.1, 0.15) is 40.4 Å². The number of benzene rings is 4. The summed E-state index contributed by atoms with van der Waals surface area (Å²) in [4.78, 5) is 43.9. The first-order valence-corrected chi connectivity index (χ1v) is 15.3. The topological polar surface area (TPSA) is 103 Å². The van der Waals surface area contributed by atoms with Crippen LogP contribution in [0.5, 0.6) is 0 Å². The van der Waals surface area contributed by atoms with Crippen LogP contribution in [0.4, 0.5) is 11.4 Å². The van der Waals surface area contributed by atoms with Crippen LogP contribution in [0.15, 0.2) is 114 Å². The summed E-state index contributed by atoms with van der Waals surface area (Å²) in [5.41, 5.74) is 5.72. The minimum Gasteiger partial charge on any atom is -0.361 e. The van der Waals surface area contributed by atoms with E-state index in [4.69, 9.17) is 0 Å². The van der Waals surface area contributed by atoms with Crippen molar-refractivity contribution in [3.63, 3.8) is 0 Å². The third kappa shape index (κ3) is 7.46. The van der Waals surface area contributed by atoms with Crippen LogP contribution in [0.3, 0.4) is 0 Å². The van der Waals surface area contributed by atoms with E-state index >= 15 is 0 Å². The average molecular weight is 603 g/mol. The van der Waals surface area contributed by atoms with Gasteiger partial charge in [-0.3, -0.25) is 14.4 Å². The van der Waals surface area contributed by atoms with Gasteiger partial charge in [0.15, 0.2) is 0 Å². The van der Waals surface area contributed by atoms with E-state index < -0.39 is 11.8 Å². The molecule has 4 N–H and O–H groups in total. The number of amides is 3. The zero-order chi connectivity index (χ0) is 31.1. The SMILES string of the molecule is CCC(Sc1cccc(NC(=O)/C(=C/c2c[nH]c3ccccc23)NC(=O)c2ccccc2)c1)C(=O)Nc1ccc(C)cc1C. The van der Waals surface area contributed by atoms with Crippen molar-refractivity contribution in [2.45, 2.75) is 37.3 Å². The van der Waals surface area contributed by atoms with Gasteiger partial charge in [-0.25, -0.2) is 0 Å². The summed E-state index contributed by atoms with van der Waals surface area (Å²) < 4.78 is 0. The molecule has 1 unspecified atom stereocenters. The molecule has 0 spiro atoms. The van der Waals surface area contributed by atoms with E-state index in [1.54, 1.807) is 42.6 Å². The fourth-order valence-electron chi connectivity index (χ4n) is 4.81. The molecule has 1 aromatic heterocycles. The van der Waals surface area contributed by atoms with Gasteiger partial charge in [0, 0.05) is 44.5 Å². The highest BCUT2D eigenvalue weighted by atomic mass is 32.2. The van der Waals surface area contributed by atoms with Crippen LogP contribution in [0.2, 0.25) is 0 Å². The summed E-state index contributed by atoms with van der Waals surface area (Å²) in [5.74, 6) is -0.940. The van der Waals surface area contributed by atoms with Crippen molar-refractivity contribution in [1.29, 1.82) is 0 Å². The Morgan fingerprint density at radius 3 is 2.41 bits per heavy atom. The van der Waals surface area contributed by atoms with Crippen LogP contribution < -0.4 is 16.0 Å². The Labute approximate surface area is 261 Å². The molecule has 1 heterocycles. The van der Waals surface area contributed by atoms with Crippen molar-refractivity contribution < 1.29 is 14.4 Å². The molecule has 0 radical (unpaired) electrons. The number of para-hydroxylation sites is 1. The van der Waals surface area contributed by atoms with Gasteiger partial charge >= 0.3 is 0 Å². The van der Waals surface area contributed by atoms with E-state index in [0.717, 1.165) is 38.2 Å². The minimum absolute atomic E-state index is 0.0773. The average Bonchev–Trinajstić information content (AvgIpc) is 3.44. The van der Waals surface area contributed by atoms with Crippen LogP contribution in [-0.4, -0.2) is 28.0 Å². The molecule has 7 nitrogen and oxygen atoms in total. The number of thioether (sulfide) groups is 1. The zero-order valence-corrected chi connectivity index (χ0v) is 25.6. The number of aromatic nitrogens is 1. The Morgan fingerprint density at radius 2 is 1.64 bits per heavy atom. The van der Waals surface area contributed by atoms with Crippen LogP contribution in [-0.2, 0) is 9.59 Å². The molecule has 0 aliphatic heterocycles. The molecule has 0 fully saturated rings. The van der Waals surface area contributed by atoms with E-state index in [1.807, 2.05) is 87.5 Å². The maximum Gasteiger partial charge on any atom is 0.272 e. The highest BCUT2D eigenvalue weighted by molar-refractivity contribution is 8.00. The monoisotopic (exact) mass is 602 g/mol. The van der Waals surface area contributed by atoms with Crippen LogP contribution >= 0.6 is 11.8 Å². The summed E-state index contributed by atoms with van der Waals surface area (Å²) in [5, 5.41) is 9.38. The van der Waals surface area contributed by atoms with Crippen LogP contribution in [0, 0.1) is 13.8 Å². The van der Waals surface area contributed by atoms with Crippen LogP contribution in [0.25, 0.3) is 17.0 Å². The van der Waals surface area contributed by atoms with Gasteiger partial charge in [0.05, 0.1) is 5.25 Å². The number of hydrogen-bond acceptors (Lipinski definition) is 4. The largest absolute Gasteiger partial charge is 0.361 e. The number of carbonyl (C=O) groups is 3. The summed E-state index contributed by atoms with van der Waals surface area (Å²) in [6.45, 7) is 5.97. The first-order valence-electron chi connectivity index (χ1n) is 14.4. The normalized spacial score (nSPS) is 12.0. The third-order valence-electron chi connectivity index (χ3n) is 7.12. The molecule has 5 rings (SSSR count). The quantitative estimate of drug-likeness (QED) is 0.0971. The molecule has 44 heavy (non-hydrogen) atoms. The van der Waals surface area contributed by atoms with Gasteiger partial charge in [0.2, 0.25) is 5.91 Å². The number of carbonyl (C=O) groups excluding carboxylic acids is 3. The van der Waals surface area contributed by atoms with Gasteiger partial charge in [-0.2, -0.15) is 0 Å². The lowest BCUT2D eigenvalue weighted by molar-refractivity contribution is -0.116. The second kappa shape index (κ2) is 13.9. The smallest absolute Gasteiger partial charge is 0.272 e. The fraction of sp³-hybridized carbons (Fsp3) is 0.139. The standard InChI is InChI=1S/C36H34N4O3S/c1-4-33(36(43)39-30-18-17-23(2)19-24(30)3)44-28-14-10-13-27(21-28)38-35(42)32(40-34(41)25-11-6-5-7-12-25)20-26-22-37-31-16-9-8-15-29(26)31/h5-22,33,37H,4H2,1-3H3,(H,38,42)(H,39,43)(H,40,41)/b32-20-. The number of rotatable bonds is 10. The van der Waals surface area contributed by atoms with Crippen molar-refractivity contribution in [3.05, 3.63) is 131 Å². The number of nitrogens with one attached hydrogen (secondary N) is 4. The van der Waals surface area contributed by atoms with E-state index in [9.17, 15) is 14.4 Å². The number of aromatic amines is 1. The molecule has 0 bridgehead atoms. The molecule has 0 aliphatic rings. The Bertz CT molecular complexity index is 1850. The number of H-pyrrole nitrogens is 1. The summed E-state index contributed by atoms with van der Waals surface area (Å²) in [6, 6.07) is 29.8. The number of anilines is 2. The molecular formula is C36H34N4O3S. The highest BCUT2D eigenvalue weighted by Gasteiger charge is 2.20. The van der Waals surface area contributed by atoms with E-state index in [1.165, 1.54) is 11.8 Å². The van der Waals surface area contributed by atoms with Crippen molar-refractivity contribution in [1.82, 2.24) is 10.3 Å². The zero-order valence-electron chi connectivity index (χ0n) is 24.8. The molecule has 0 saturated carbocycles. The van der Waals surface area contributed by atoms with E-state index in [2.05, 4.69) is 20.9 Å². The van der Waals surface area contributed by atoms with Gasteiger partial charge in [-0.05, 0) is 74.4 Å². The molecule has 4 aromatic carbocycles. The van der Waals surface area contributed by atoms with E-state index in [0.29, 0.717) is 17.7 Å². The van der Waals surface area contributed by atoms with Crippen molar-refractivity contribution in [2.24, 2.45) is 0 Å². The summed E-state index contributed by atoms with van der Waals surface area (Å²) >= 11 is 1.44. The molecule has 0 saturated heterocycles. The Balaban J connectivity index is 1.34. The van der Waals surface area contributed by atoms with Crippen molar-refractivity contribution in [3.8, 4) is 0 Å². The lowest BCUT2D eigenvalue weighted by Crippen LogP contribution is -2.30. The number of hydrogen-bond donors (Lipinski definition) is 4. The highest BCUT2D eigenvalue weighted by Crippen LogP contribution is 2.29. The molecular weight excluding hydrogens is 568 g/mol. The lowest BCUT2D eigenvalue weighted by Gasteiger charge is -2.17.